The second-order valence-corrected chi connectivity index (χ2v) is 8.06. The summed E-state index contributed by atoms with van der Waals surface area (Å²) in [7, 11) is 3.05. The van der Waals surface area contributed by atoms with Crippen LogP contribution in [0.2, 0.25) is 0 Å². The lowest BCUT2D eigenvalue weighted by atomic mass is 10.2. The van der Waals surface area contributed by atoms with Gasteiger partial charge >= 0.3 is 0 Å². The highest BCUT2D eigenvalue weighted by Gasteiger charge is 2.18. The van der Waals surface area contributed by atoms with Gasteiger partial charge in [-0.05, 0) is 48.5 Å². The van der Waals surface area contributed by atoms with Crippen molar-refractivity contribution in [3.8, 4) is 23.3 Å². The highest BCUT2D eigenvalue weighted by atomic mass is 32.2. The van der Waals surface area contributed by atoms with Gasteiger partial charge in [0.1, 0.15) is 11.5 Å². The fourth-order valence-electron chi connectivity index (χ4n) is 3.35. The molecule has 0 saturated heterocycles. The molecule has 9 heteroatoms. The Labute approximate surface area is 199 Å². The van der Waals surface area contributed by atoms with Crippen molar-refractivity contribution in [2.75, 3.05) is 25.3 Å². The summed E-state index contributed by atoms with van der Waals surface area (Å²) in [4.78, 5) is 30.8. The highest BCUT2D eigenvalue weighted by molar-refractivity contribution is 7.99. The van der Waals surface area contributed by atoms with Gasteiger partial charge in [0.15, 0.2) is 5.16 Å². The molecule has 4 aromatic rings. The first-order valence-corrected chi connectivity index (χ1v) is 11.2. The number of aromatic nitrogens is 2. The predicted molar refractivity (Wildman–Crippen MR) is 131 cm³/mol. The van der Waals surface area contributed by atoms with Gasteiger partial charge in [-0.25, -0.2) is 4.98 Å². The van der Waals surface area contributed by atoms with Gasteiger partial charge in [0.2, 0.25) is 5.91 Å². The Kier molecular flexibility index (Phi) is 6.80. The predicted octanol–water partition coefficient (Wildman–Crippen LogP) is 4.01. The molecule has 0 spiro atoms. The molecule has 0 atom stereocenters. The Bertz CT molecular complexity index is 1460. The van der Waals surface area contributed by atoms with Crippen molar-refractivity contribution in [2.45, 2.75) is 5.16 Å². The molecule has 0 bridgehead atoms. The van der Waals surface area contributed by atoms with Crippen LogP contribution in [-0.4, -0.2) is 35.4 Å². The number of nitriles is 1. The van der Waals surface area contributed by atoms with Crippen molar-refractivity contribution in [3.63, 3.8) is 0 Å². The van der Waals surface area contributed by atoms with E-state index in [0.29, 0.717) is 44.5 Å². The van der Waals surface area contributed by atoms with E-state index >= 15 is 0 Å². The molecule has 1 N–H and O–H groups in total. The molecule has 0 aliphatic heterocycles. The Morgan fingerprint density at radius 3 is 2.56 bits per heavy atom. The highest BCUT2D eigenvalue weighted by Crippen LogP contribution is 2.30. The number of thioether (sulfide) groups is 1. The van der Waals surface area contributed by atoms with Crippen LogP contribution in [0.1, 0.15) is 5.56 Å². The van der Waals surface area contributed by atoms with Gasteiger partial charge in [0.05, 0.1) is 48.2 Å². The van der Waals surface area contributed by atoms with E-state index in [0.717, 1.165) is 11.8 Å². The van der Waals surface area contributed by atoms with E-state index in [1.807, 2.05) is 6.07 Å². The van der Waals surface area contributed by atoms with Crippen molar-refractivity contribution in [2.24, 2.45) is 0 Å². The molecule has 0 aliphatic rings. The SMILES string of the molecule is COc1ccc(OC)c(-n2c(SCC(=O)Nc3ccc(C#N)cc3)nc3ccccc3c2=O)c1. The number of rotatable bonds is 7. The Morgan fingerprint density at radius 2 is 1.85 bits per heavy atom. The molecule has 1 heterocycles. The third-order valence-electron chi connectivity index (χ3n) is 5.00. The number of anilines is 1. The van der Waals surface area contributed by atoms with Gasteiger partial charge in [-0.2, -0.15) is 5.26 Å². The smallest absolute Gasteiger partial charge is 0.266 e. The van der Waals surface area contributed by atoms with Crippen LogP contribution >= 0.6 is 11.8 Å². The van der Waals surface area contributed by atoms with Crippen LogP contribution in [0, 0.1) is 11.3 Å². The monoisotopic (exact) mass is 472 g/mol. The van der Waals surface area contributed by atoms with Crippen molar-refractivity contribution in [1.82, 2.24) is 9.55 Å². The average Bonchev–Trinajstić information content (AvgIpc) is 2.87. The molecular formula is C25H20N4O4S. The number of nitrogens with zero attached hydrogens (tertiary/aromatic N) is 3. The summed E-state index contributed by atoms with van der Waals surface area (Å²) >= 11 is 1.13. The van der Waals surface area contributed by atoms with Crippen molar-refractivity contribution in [3.05, 3.63) is 82.6 Å². The second kappa shape index (κ2) is 10.1. The summed E-state index contributed by atoms with van der Waals surface area (Å²) in [6.45, 7) is 0. The summed E-state index contributed by atoms with van der Waals surface area (Å²) in [6, 6.07) is 20.8. The standard InChI is InChI=1S/C25H20N4O4S/c1-32-18-11-12-22(33-2)21(13-18)29-24(31)19-5-3-4-6-20(19)28-25(29)34-15-23(30)27-17-9-7-16(14-26)8-10-17/h3-13H,15H2,1-2H3,(H,27,30). The van der Waals surface area contributed by atoms with Crippen LogP contribution in [0.15, 0.2) is 76.7 Å². The molecule has 8 nitrogen and oxygen atoms in total. The molecule has 3 aromatic carbocycles. The summed E-state index contributed by atoms with van der Waals surface area (Å²) in [6.07, 6.45) is 0. The zero-order valence-electron chi connectivity index (χ0n) is 18.4. The van der Waals surface area contributed by atoms with Crippen LogP contribution in [0.4, 0.5) is 5.69 Å². The number of amides is 1. The molecule has 0 aliphatic carbocycles. The number of hydrogen-bond acceptors (Lipinski definition) is 7. The maximum absolute atomic E-state index is 13.5. The molecular weight excluding hydrogens is 452 g/mol. The molecule has 1 aromatic heterocycles. The van der Waals surface area contributed by atoms with E-state index in [2.05, 4.69) is 10.3 Å². The van der Waals surface area contributed by atoms with Gasteiger partial charge < -0.3 is 14.8 Å². The van der Waals surface area contributed by atoms with Crippen molar-refractivity contribution in [1.29, 1.82) is 5.26 Å². The largest absolute Gasteiger partial charge is 0.497 e. The molecule has 4 rings (SSSR count). The Hall–Kier alpha value is -4.29. The molecule has 0 unspecified atom stereocenters. The first-order valence-electron chi connectivity index (χ1n) is 10.2. The second-order valence-electron chi connectivity index (χ2n) is 7.12. The first-order chi connectivity index (χ1) is 16.5. The van der Waals surface area contributed by atoms with Crippen LogP contribution in [-0.2, 0) is 4.79 Å². The number of methoxy groups -OCH3 is 2. The van der Waals surface area contributed by atoms with E-state index in [-0.39, 0.29) is 17.2 Å². The normalized spacial score (nSPS) is 10.5. The fraction of sp³-hybridized carbons (Fsp3) is 0.120. The summed E-state index contributed by atoms with van der Waals surface area (Å²) in [5, 5.41) is 12.5. The van der Waals surface area contributed by atoms with Crippen molar-refractivity contribution >= 4 is 34.3 Å². The summed E-state index contributed by atoms with van der Waals surface area (Å²) in [5.41, 5.74) is 1.78. The minimum atomic E-state index is -0.285. The van der Waals surface area contributed by atoms with Crippen LogP contribution in [0.3, 0.4) is 0 Å². The zero-order valence-corrected chi connectivity index (χ0v) is 19.3. The minimum Gasteiger partial charge on any atom is -0.497 e. The van der Waals surface area contributed by atoms with Crippen LogP contribution in [0.5, 0.6) is 11.5 Å². The van der Waals surface area contributed by atoms with Gasteiger partial charge in [-0.15, -0.1) is 0 Å². The van der Waals surface area contributed by atoms with E-state index in [4.69, 9.17) is 14.7 Å². The number of fused-ring (bicyclic) bond motifs is 1. The first kappa shape index (κ1) is 22.9. The molecule has 0 fully saturated rings. The number of para-hydroxylation sites is 1. The van der Waals surface area contributed by atoms with Gasteiger partial charge in [0.25, 0.3) is 5.56 Å². The lowest BCUT2D eigenvalue weighted by Gasteiger charge is -2.16. The lowest BCUT2D eigenvalue weighted by Crippen LogP contribution is -2.23. The quantitative estimate of drug-likeness (QED) is 0.320. The molecule has 170 valence electrons. The third-order valence-corrected chi connectivity index (χ3v) is 5.94. The van der Waals surface area contributed by atoms with Gasteiger partial charge in [-0.3, -0.25) is 14.2 Å². The lowest BCUT2D eigenvalue weighted by molar-refractivity contribution is -0.113. The van der Waals surface area contributed by atoms with Crippen LogP contribution < -0.4 is 20.3 Å². The van der Waals surface area contributed by atoms with Gasteiger partial charge in [-0.1, -0.05) is 23.9 Å². The molecule has 0 saturated carbocycles. The van der Waals surface area contributed by atoms with Gasteiger partial charge in [0, 0.05) is 11.8 Å². The summed E-state index contributed by atoms with van der Waals surface area (Å²) < 4.78 is 12.3. The van der Waals surface area contributed by atoms with Crippen LogP contribution in [0.25, 0.3) is 16.6 Å². The zero-order chi connectivity index (χ0) is 24.1. The Morgan fingerprint density at radius 1 is 1.09 bits per heavy atom. The van der Waals surface area contributed by atoms with E-state index in [1.165, 1.54) is 18.8 Å². The molecule has 0 radical (unpaired) electrons. The number of nitrogens with one attached hydrogen (secondary N) is 1. The number of benzene rings is 3. The number of carbonyl (C=O) groups is 1. The molecule has 34 heavy (non-hydrogen) atoms. The van der Waals surface area contributed by atoms with Crippen molar-refractivity contribution < 1.29 is 14.3 Å². The third kappa shape index (κ3) is 4.72. The van der Waals surface area contributed by atoms with E-state index in [1.54, 1.807) is 66.7 Å². The minimum absolute atomic E-state index is 0.0110. The van der Waals surface area contributed by atoms with E-state index in [9.17, 15) is 9.59 Å². The summed E-state index contributed by atoms with van der Waals surface area (Å²) in [5.74, 6) is 0.743. The Balaban J connectivity index is 1.71. The maximum atomic E-state index is 13.5. The number of hydrogen-bond donors (Lipinski definition) is 1. The fourth-order valence-corrected chi connectivity index (χ4v) is 4.15. The van der Waals surface area contributed by atoms with E-state index < -0.39 is 0 Å². The topological polar surface area (TPSA) is 106 Å². The maximum Gasteiger partial charge on any atom is 0.266 e. The average molecular weight is 473 g/mol. The molecule has 1 amide bonds. The number of carbonyl (C=O) groups excluding carboxylic acids is 1. The number of ether oxygens (including phenoxy) is 2.